The molecule has 0 unspecified atom stereocenters. The van der Waals surface area contributed by atoms with Crippen LogP contribution >= 0.6 is 11.6 Å². The number of hydrogen-bond donors (Lipinski definition) is 1. The van der Waals surface area contributed by atoms with Gasteiger partial charge in [0.05, 0.1) is 7.11 Å². The number of halogens is 2. The fourth-order valence-electron chi connectivity index (χ4n) is 2.01. The summed E-state index contributed by atoms with van der Waals surface area (Å²) in [4.78, 5) is 0. The zero-order chi connectivity index (χ0) is 14.5. The van der Waals surface area contributed by atoms with Crippen LogP contribution in [0.25, 0.3) is 0 Å². The molecule has 0 amide bonds. The molecule has 2 aromatic rings. The lowest BCUT2D eigenvalue weighted by atomic mass is 10.1. The van der Waals surface area contributed by atoms with Crippen molar-refractivity contribution in [3.05, 3.63) is 64.4 Å². The van der Waals surface area contributed by atoms with Crippen LogP contribution < -0.4 is 10.1 Å². The number of nitrogens with one attached hydrogen (secondary N) is 1. The Morgan fingerprint density at radius 1 is 1.25 bits per heavy atom. The van der Waals surface area contributed by atoms with Gasteiger partial charge in [0.25, 0.3) is 0 Å². The van der Waals surface area contributed by atoms with Crippen molar-refractivity contribution in [3.63, 3.8) is 0 Å². The highest BCUT2D eigenvalue weighted by molar-refractivity contribution is 6.30. The first-order chi connectivity index (χ1) is 9.61. The van der Waals surface area contributed by atoms with Gasteiger partial charge in [-0.25, -0.2) is 4.39 Å². The van der Waals surface area contributed by atoms with Crippen LogP contribution in [0.3, 0.4) is 0 Å². The van der Waals surface area contributed by atoms with Crippen molar-refractivity contribution in [2.45, 2.75) is 19.5 Å². The van der Waals surface area contributed by atoms with Crippen LogP contribution in [0.2, 0.25) is 5.02 Å². The van der Waals surface area contributed by atoms with E-state index in [1.165, 1.54) is 7.11 Å². The molecule has 2 rings (SSSR count). The Labute approximate surface area is 123 Å². The van der Waals surface area contributed by atoms with Crippen LogP contribution in [-0.4, -0.2) is 7.11 Å². The molecule has 0 aromatic heterocycles. The van der Waals surface area contributed by atoms with E-state index in [1.807, 2.05) is 31.2 Å². The second kappa shape index (κ2) is 6.73. The van der Waals surface area contributed by atoms with Crippen molar-refractivity contribution in [2.24, 2.45) is 0 Å². The molecule has 0 aliphatic carbocycles. The van der Waals surface area contributed by atoms with Gasteiger partial charge in [-0.1, -0.05) is 35.9 Å². The summed E-state index contributed by atoms with van der Waals surface area (Å²) in [6.07, 6.45) is 0. The first kappa shape index (κ1) is 14.8. The van der Waals surface area contributed by atoms with Crippen molar-refractivity contribution in [1.29, 1.82) is 0 Å². The molecular formula is C16H17ClFNO. The lowest BCUT2D eigenvalue weighted by Crippen LogP contribution is -2.18. The van der Waals surface area contributed by atoms with Crippen molar-refractivity contribution < 1.29 is 9.13 Å². The zero-order valence-corrected chi connectivity index (χ0v) is 12.2. The monoisotopic (exact) mass is 293 g/mol. The number of hydrogen-bond acceptors (Lipinski definition) is 2. The van der Waals surface area contributed by atoms with Gasteiger partial charge >= 0.3 is 0 Å². The summed E-state index contributed by atoms with van der Waals surface area (Å²) in [6, 6.07) is 12.9. The fraction of sp³-hybridized carbons (Fsp3) is 0.250. The Bertz CT molecular complexity index is 588. The highest BCUT2D eigenvalue weighted by Gasteiger charge is 2.10. The smallest absolute Gasteiger partial charge is 0.169 e. The number of benzene rings is 2. The molecule has 1 atom stereocenters. The average molecular weight is 294 g/mol. The summed E-state index contributed by atoms with van der Waals surface area (Å²) in [5.74, 6) is -0.0551. The van der Waals surface area contributed by atoms with Crippen molar-refractivity contribution >= 4 is 11.6 Å². The summed E-state index contributed by atoms with van der Waals surface area (Å²) >= 11 is 5.97. The molecule has 0 fully saturated rings. The molecule has 4 heteroatoms. The second-order valence-corrected chi connectivity index (χ2v) is 5.03. The van der Waals surface area contributed by atoms with E-state index < -0.39 is 0 Å². The topological polar surface area (TPSA) is 21.3 Å². The number of ether oxygens (including phenoxy) is 1. The molecule has 0 aliphatic heterocycles. The number of methoxy groups -OCH3 is 1. The highest BCUT2D eigenvalue weighted by Crippen LogP contribution is 2.21. The van der Waals surface area contributed by atoms with E-state index in [0.29, 0.717) is 17.1 Å². The van der Waals surface area contributed by atoms with Gasteiger partial charge in [-0.05, 0) is 30.7 Å². The van der Waals surface area contributed by atoms with Gasteiger partial charge in [0.2, 0.25) is 0 Å². The summed E-state index contributed by atoms with van der Waals surface area (Å²) < 4.78 is 19.0. The Kier molecular flexibility index (Phi) is 4.99. The van der Waals surface area contributed by atoms with Gasteiger partial charge in [0, 0.05) is 23.2 Å². The second-order valence-electron chi connectivity index (χ2n) is 4.59. The maximum atomic E-state index is 14.0. The van der Waals surface area contributed by atoms with Crippen LogP contribution in [0.4, 0.5) is 4.39 Å². The lowest BCUT2D eigenvalue weighted by Gasteiger charge is -2.15. The summed E-state index contributed by atoms with van der Waals surface area (Å²) in [5.41, 5.74) is 1.65. The zero-order valence-electron chi connectivity index (χ0n) is 11.5. The van der Waals surface area contributed by atoms with Gasteiger partial charge in [-0.3, -0.25) is 0 Å². The van der Waals surface area contributed by atoms with E-state index in [2.05, 4.69) is 5.32 Å². The molecule has 20 heavy (non-hydrogen) atoms. The average Bonchev–Trinajstić information content (AvgIpc) is 2.46. The van der Waals surface area contributed by atoms with E-state index >= 15 is 0 Å². The molecule has 106 valence electrons. The molecule has 0 saturated heterocycles. The predicted molar refractivity (Wildman–Crippen MR) is 79.7 cm³/mol. The molecule has 2 aromatic carbocycles. The fourth-order valence-corrected chi connectivity index (χ4v) is 2.21. The maximum absolute atomic E-state index is 14.0. The highest BCUT2D eigenvalue weighted by atomic mass is 35.5. The Morgan fingerprint density at radius 2 is 2.00 bits per heavy atom. The SMILES string of the molecule is COc1cccc(CN[C@H](C)c2cccc(Cl)c2)c1F. The normalized spacial score (nSPS) is 12.2. The summed E-state index contributed by atoms with van der Waals surface area (Å²) in [7, 11) is 1.46. The molecular weight excluding hydrogens is 277 g/mol. The molecule has 0 radical (unpaired) electrons. The predicted octanol–water partition coefficient (Wildman–Crippen LogP) is 4.34. The van der Waals surface area contributed by atoms with Gasteiger partial charge < -0.3 is 10.1 Å². The summed E-state index contributed by atoms with van der Waals surface area (Å²) in [5, 5.41) is 3.98. The quantitative estimate of drug-likeness (QED) is 0.885. The Hall–Kier alpha value is -1.58. The van der Waals surface area contributed by atoms with E-state index in [4.69, 9.17) is 16.3 Å². The maximum Gasteiger partial charge on any atom is 0.169 e. The van der Waals surface area contributed by atoms with Gasteiger partial charge in [-0.2, -0.15) is 0 Å². The van der Waals surface area contributed by atoms with Crippen LogP contribution in [0.5, 0.6) is 5.75 Å². The molecule has 0 aliphatic rings. The minimum atomic E-state index is -0.319. The van der Waals surface area contributed by atoms with Crippen molar-refractivity contribution in [3.8, 4) is 5.75 Å². The Balaban J connectivity index is 2.05. The molecule has 0 saturated carbocycles. The minimum absolute atomic E-state index is 0.0827. The van der Waals surface area contributed by atoms with Gasteiger partial charge in [0.15, 0.2) is 11.6 Å². The first-order valence-electron chi connectivity index (χ1n) is 6.42. The third kappa shape index (κ3) is 3.50. The summed E-state index contributed by atoms with van der Waals surface area (Å²) in [6.45, 7) is 2.44. The van der Waals surface area contributed by atoms with Crippen molar-refractivity contribution in [1.82, 2.24) is 5.32 Å². The largest absolute Gasteiger partial charge is 0.494 e. The number of rotatable bonds is 5. The van der Waals surface area contributed by atoms with Crippen LogP contribution in [0.1, 0.15) is 24.1 Å². The third-order valence-corrected chi connectivity index (χ3v) is 3.45. The van der Waals surface area contributed by atoms with E-state index in [9.17, 15) is 4.39 Å². The standard InChI is InChI=1S/C16H17ClFNO/c1-11(12-5-3-7-14(17)9-12)19-10-13-6-4-8-15(20-2)16(13)18/h3-9,11,19H,10H2,1-2H3/t11-/m1/s1. The molecule has 2 nitrogen and oxygen atoms in total. The third-order valence-electron chi connectivity index (χ3n) is 3.21. The molecule has 0 spiro atoms. The van der Waals surface area contributed by atoms with Crippen molar-refractivity contribution in [2.75, 3.05) is 7.11 Å². The first-order valence-corrected chi connectivity index (χ1v) is 6.80. The minimum Gasteiger partial charge on any atom is -0.494 e. The van der Waals surface area contributed by atoms with Crippen LogP contribution in [-0.2, 0) is 6.54 Å². The molecule has 1 N–H and O–H groups in total. The van der Waals surface area contributed by atoms with E-state index in [0.717, 1.165) is 5.56 Å². The lowest BCUT2D eigenvalue weighted by molar-refractivity contribution is 0.382. The molecule has 0 bridgehead atoms. The van der Waals surface area contributed by atoms with Gasteiger partial charge in [-0.15, -0.1) is 0 Å². The molecule has 0 heterocycles. The van der Waals surface area contributed by atoms with E-state index in [-0.39, 0.29) is 17.6 Å². The van der Waals surface area contributed by atoms with Crippen LogP contribution in [0.15, 0.2) is 42.5 Å². The Morgan fingerprint density at radius 3 is 2.70 bits per heavy atom. The van der Waals surface area contributed by atoms with E-state index in [1.54, 1.807) is 18.2 Å². The van der Waals surface area contributed by atoms with Crippen LogP contribution in [0, 0.1) is 5.82 Å². The van der Waals surface area contributed by atoms with Gasteiger partial charge in [0.1, 0.15) is 0 Å².